The Balaban J connectivity index is 1.50. The van der Waals surface area contributed by atoms with E-state index in [1.54, 1.807) is 0 Å². The molecule has 0 aromatic heterocycles. The van der Waals surface area contributed by atoms with E-state index in [9.17, 15) is 4.79 Å². The van der Waals surface area contributed by atoms with E-state index < -0.39 is 0 Å². The number of carbonyl (C=O) groups is 1. The van der Waals surface area contributed by atoms with Crippen LogP contribution in [0.15, 0.2) is 48.5 Å². The topological polar surface area (TPSA) is 35.6 Å². The molecule has 1 unspecified atom stereocenters. The van der Waals surface area contributed by atoms with Crippen LogP contribution in [0.5, 0.6) is 0 Å². The van der Waals surface area contributed by atoms with Gasteiger partial charge in [0, 0.05) is 38.4 Å². The maximum Gasteiger partial charge on any atom is 0.237 e. The molecule has 2 aromatic rings. The molecule has 0 aliphatic carbocycles. The molecule has 3 rings (SSSR count). The van der Waals surface area contributed by atoms with E-state index in [0.29, 0.717) is 6.54 Å². The van der Waals surface area contributed by atoms with Gasteiger partial charge in [0.05, 0.1) is 6.04 Å². The minimum atomic E-state index is -0.0967. The third kappa shape index (κ3) is 4.44. The van der Waals surface area contributed by atoms with E-state index in [0.717, 1.165) is 31.7 Å². The Bertz CT molecular complexity index is 736. The number of nitrogens with one attached hydrogen (secondary N) is 1. The lowest BCUT2D eigenvalue weighted by Gasteiger charge is -2.38. The summed E-state index contributed by atoms with van der Waals surface area (Å²) in [6.45, 7) is 10.6. The van der Waals surface area contributed by atoms with Crippen molar-refractivity contribution in [2.45, 2.75) is 33.4 Å². The van der Waals surface area contributed by atoms with Crippen LogP contribution in [-0.2, 0) is 11.3 Å². The summed E-state index contributed by atoms with van der Waals surface area (Å²) >= 11 is 0. The van der Waals surface area contributed by atoms with Crippen molar-refractivity contribution in [3.63, 3.8) is 0 Å². The predicted octanol–water partition coefficient (Wildman–Crippen LogP) is 3.13. The van der Waals surface area contributed by atoms with Gasteiger partial charge >= 0.3 is 0 Å². The van der Waals surface area contributed by atoms with Crippen LogP contribution in [0.1, 0.15) is 23.6 Å². The summed E-state index contributed by atoms with van der Waals surface area (Å²) in [5.74, 6) is 0.105. The molecule has 1 atom stereocenters. The van der Waals surface area contributed by atoms with Gasteiger partial charge in [0.2, 0.25) is 5.91 Å². The molecule has 1 fully saturated rings. The van der Waals surface area contributed by atoms with E-state index in [1.165, 1.54) is 16.8 Å². The average molecular weight is 351 g/mol. The number of rotatable bonds is 5. The quantitative estimate of drug-likeness (QED) is 0.899. The van der Waals surface area contributed by atoms with Gasteiger partial charge in [0.25, 0.3) is 0 Å². The van der Waals surface area contributed by atoms with Gasteiger partial charge in [0.15, 0.2) is 0 Å². The highest BCUT2D eigenvalue weighted by atomic mass is 16.2. The van der Waals surface area contributed by atoms with Crippen LogP contribution < -0.4 is 10.2 Å². The Morgan fingerprint density at radius 2 is 1.69 bits per heavy atom. The Hall–Kier alpha value is -2.33. The van der Waals surface area contributed by atoms with Crippen LogP contribution in [0.4, 0.5) is 5.69 Å². The number of benzene rings is 2. The maximum atomic E-state index is 12.5. The van der Waals surface area contributed by atoms with Crippen LogP contribution in [0.2, 0.25) is 0 Å². The first-order chi connectivity index (χ1) is 12.5. The molecule has 138 valence electrons. The van der Waals surface area contributed by atoms with Crippen LogP contribution in [0, 0.1) is 13.8 Å². The predicted molar refractivity (Wildman–Crippen MR) is 107 cm³/mol. The van der Waals surface area contributed by atoms with Crippen molar-refractivity contribution >= 4 is 11.6 Å². The molecule has 0 spiro atoms. The molecular formula is C22H29N3O. The smallest absolute Gasteiger partial charge is 0.237 e. The van der Waals surface area contributed by atoms with E-state index >= 15 is 0 Å². The Kier molecular flexibility index (Phi) is 5.94. The molecule has 1 amide bonds. The summed E-state index contributed by atoms with van der Waals surface area (Å²) in [4.78, 5) is 17.2. The standard InChI is InChI=1S/C22H29N3O/c1-17-9-10-21(15-18(17)2)25-13-11-24(12-14-25)19(3)22(26)23-16-20-7-5-4-6-8-20/h4-10,15,19H,11-14,16H2,1-3H3,(H,23,26). The molecule has 1 N–H and O–H groups in total. The molecule has 1 aliphatic heterocycles. The second-order valence-corrected chi connectivity index (χ2v) is 7.17. The van der Waals surface area contributed by atoms with Crippen LogP contribution in [0.3, 0.4) is 0 Å². The third-order valence-corrected chi connectivity index (χ3v) is 5.41. The zero-order valence-electron chi connectivity index (χ0n) is 16.0. The molecular weight excluding hydrogens is 322 g/mol. The first-order valence-corrected chi connectivity index (χ1v) is 9.42. The molecule has 2 aromatic carbocycles. The van der Waals surface area contributed by atoms with Gasteiger partial charge in [-0.15, -0.1) is 0 Å². The highest BCUT2D eigenvalue weighted by Gasteiger charge is 2.25. The van der Waals surface area contributed by atoms with Gasteiger partial charge in [0.1, 0.15) is 0 Å². The van der Waals surface area contributed by atoms with Crippen molar-refractivity contribution in [3.05, 3.63) is 65.2 Å². The van der Waals surface area contributed by atoms with Gasteiger partial charge in [-0.2, -0.15) is 0 Å². The van der Waals surface area contributed by atoms with Crippen molar-refractivity contribution < 1.29 is 4.79 Å². The van der Waals surface area contributed by atoms with E-state index in [1.807, 2.05) is 37.3 Å². The fourth-order valence-corrected chi connectivity index (χ4v) is 3.39. The van der Waals surface area contributed by atoms with Crippen LogP contribution >= 0.6 is 0 Å². The number of aryl methyl sites for hydroxylation is 2. The summed E-state index contributed by atoms with van der Waals surface area (Å²) in [5.41, 5.74) is 5.08. The summed E-state index contributed by atoms with van der Waals surface area (Å²) in [6, 6.07) is 16.6. The molecule has 4 nitrogen and oxygen atoms in total. The second-order valence-electron chi connectivity index (χ2n) is 7.17. The van der Waals surface area contributed by atoms with E-state index in [2.05, 4.69) is 47.2 Å². The minimum Gasteiger partial charge on any atom is -0.369 e. The number of piperazine rings is 1. The number of nitrogens with zero attached hydrogens (tertiary/aromatic N) is 2. The van der Waals surface area contributed by atoms with Gasteiger partial charge in [-0.05, 0) is 49.6 Å². The van der Waals surface area contributed by atoms with Crippen molar-refractivity contribution in [2.24, 2.45) is 0 Å². The maximum absolute atomic E-state index is 12.5. The van der Waals surface area contributed by atoms with Gasteiger partial charge < -0.3 is 10.2 Å². The lowest BCUT2D eigenvalue weighted by molar-refractivity contribution is -0.126. The van der Waals surface area contributed by atoms with Crippen molar-refractivity contribution in [2.75, 3.05) is 31.1 Å². The van der Waals surface area contributed by atoms with Gasteiger partial charge in [-0.1, -0.05) is 36.4 Å². The zero-order valence-corrected chi connectivity index (χ0v) is 16.0. The van der Waals surface area contributed by atoms with Gasteiger partial charge in [-0.25, -0.2) is 0 Å². The number of amides is 1. The number of anilines is 1. The molecule has 1 aliphatic rings. The largest absolute Gasteiger partial charge is 0.369 e. The molecule has 1 heterocycles. The Labute approximate surface area is 156 Å². The Morgan fingerprint density at radius 3 is 2.35 bits per heavy atom. The molecule has 1 saturated heterocycles. The normalized spacial score (nSPS) is 16.3. The molecule has 0 bridgehead atoms. The monoisotopic (exact) mass is 351 g/mol. The number of carbonyl (C=O) groups excluding carboxylic acids is 1. The lowest BCUT2D eigenvalue weighted by atomic mass is 10.1. The zero-order chi connectivity index (χ0) is 18.5. The first-order valence-electron chi connectivity index (χ1n) is 9.42. The van der Waals surface area contributed by atoms with Crippen LogP contribution in [-0.4, -0.2) is 43.0 Å². The highest BCUT2D eigenvalue weighted by molar-refractivity contribution is 5.81. The number of hydrogen-bond acceptors (Lipinski definition) is 3. The molecule has 0 radical (unpaired) electrons. The summed E-state index contributed by atoms with van der Waals surface area (Å²) in [6.07, 6.45) is 0. The molecule has 26 heavy (non-hydrogen) atoms. The average Bonchev–Trinajstić information content (AvgIpc) is 2.68. The minimum absolute atomic E-state index is 0.0967. The number of hydrogen-bond donors (Lipinski definition) is 1. The summed E-state index contributed by atoms with van der Waals surface area (Å²) < 4.78 is 0. The second kappa shape index (κ2) is 8.37. The van der Waals surface area contributed by atoms with Crippen molar-refractivity contribution in [1.29, 1.82) is 0 Å². The molecule has 4 heteroatoms. The SMILES string of the molecule is Cc1ccc(N2CCN(C(C)C(=O)NCc3ccccc3)CC2)cc1C. The fraction of sp³-hybridized carbons (Fsp3) is 0.409. The third-order valence-electron chi connectivity index (χ3n) is 5.41. The molecule has 0 saturated carbocycles. The van der Waals surface area contributed by atoms with E-state index in [-0.39, 0.29) is 11.9 Å². The Morgan fingerprint density at radius 1 is 1.00 bits per heavy atom. The van der Waals surface area contributed by atoms with Crippen molar-refractivity contribution in [3.8, 4) is 0 Å². The van der Waals surface area contributed by atoms with Crippen molar-refractivity contribution in [1.82, 2.24) is 10.2 Å². The van der Waals surface area contributed by atoms with Gasteiger partial charge in [-0.3, -0.25) is 9.69 Å². The lowest BCUT2D eigenvalue weighted by Crippen LogP contribution is -2.53. The van der Waals surface area contributed by atoms with E-state index in [4.69, 9.17) is 0 Å². The fourth-order valence-electron chi connectivity index (χ4n) is 3.39. The summed E-state index contributed by atoms with van der Waals surface area (Å²) in [5, 5.41) is 3.06. The highest BCUT2D eigenvalue weighted by Crippen LogP contribution is 2.20. The van der Waals surface area contributed by atoms with Crippen LogP contribution in [0.25, 0.3) is 0 Å². The summed E-state index contributed by atoms with van der Waals surface area (Å²) in [7, 11) is 0. The first kappa shape index (κ1) is 18.5.